The van der Waals surface area contributed by atoms with Gasteiger partial charge in [-0.25, -0.2) is 0 Å². The van der Waals surface area contributed by atoms with Gasteiger partial charge in [0, 0.05) is 17.7 Å². The zero-order valence-corrected chi connectivity index (χ0v) is 12.3. The van der Waals surface area contributed by atoms with Crippen molar-refractivity contribution in [2.75, 3.05) is 7.11 Å². The second-order valence-corrected chi connectivity index (χ2v) is 6.21. The lowest BCUT2D eigenvalue weighted by atomic mass is 10.2. The first kappa shape index (κ1) is 15.7. The van der Waals surface area contributed by atoms with Crippen molar-refractivity contribution in [1.29, 1.82) is 0 Å². The van der Waals surface area contributed by atoms with E-state index in [-0.39, 0.29) is 6.10 Å². The van der Waals surface area contributed by atoms with Gasteiger partial charge < -0.3 is 14.2 Å². The number of halogens is 1. The van der Waals surface area contributed by atoms with Crippen LogP contribution in [-0.4, -0.2) is 18.1 Å². The molecule has 0 saturated heterocycles. The molecule has 0 aromatic heterocycles. The number of benzene rings is 1. The van der Waals surface area contributed by atoms with Gasteiger partial charge in [0.2, 0.25) is 0 Å². The summed E-state index contributed by atoms with van der Waals surface area (Å²) in [5.41, 5.74) is 0.454. The molecular formula is C12H18ClO4P. The minimum atomic E-state index is -3.93. The molecule has 0 bridgehead atoms. The molecule has 0 heterocycles. The molecule has 3 atom stereocenters. The average Bonchev–Trinajstić information content (AvgIpc) is 2.31. The molecule has 0 spiro atoms. The Morgan fingerprint density at radius 2 is 2.06 bits per heavy atom. The topological polar surface area (TPSA) is 55.8 Å². The fourth-order valence-electron chi connectivity index (χ4n) is 1.50. The minimum absolute atomic E-state index is 0.319. The van der Waals surface area contributed by atoms with E-state index in [9.17, 15) is 9.46 Å². The summed E-state index contributed by atoms with van der Waals surface area (Å²) in [6, 6.07) is 6.78. The Morgan fingerprint density at radius 3 is 2.56 bits per heavy atom. The van der Waals surface area contributed by atoms with Crippen LogP contribution in [0.4, 0.5) is 0 Å². The summed E-state index contributed by atoms with van der Waals surface area (Å²) >= 11 is 6.01. The molecular weight excluding hydrogens is 275 g/mol. The van der Waals surface area contributed by atoms with Gasteiger partial charge in [-0.3, -0.25) is 4.57 Å². The zero-order chi connectivity index (χ0) is 13.8. The molecule has 0 aliphatic rings. The normalized spacial score (nSPS) is 18.1. The summed E-state index contributed by atoms with van der Waals surface area (Å²) in [5, 5.41) is 0.381. The SMILES string of the molecule is CCC(C)OP(=O)(O)C(OC)c1ccccc1Cl. The van der Waals surface area contributed by atoms with Crippen LogP contribution in [0.1, 0.15) is 31.7 Å². The molecule has 1 rings (SSSR count). The summed E-state index contributed by atoms with van der Waals surface area (Å²) in [6.45, 7) is 3.62. The number of hydrogen-bond donors (Lipinski definition) is 1. The van der Waals surface area contributed by atoms with Gasteiger partial charge in [-0.1, -0.05) is 36.7 Å². The maximum absolute atomic E-state index is 12.2. The Hall–Kier alpha value is -0.380. The summed E-state index contributed by atoms with van der Waals surface area (Å²) in [7, 11) is -2.57. The third-order valence-corrected chi connectivity index (χ3v) is 4.68. The van der Waals surface area contributed by atoms with Crippen LogP contribution in [0.15, 0.2) is 24.3 Å². The van der Waals surface area contributed by atoms with E-state index >= 15 is 0 Å². The van der Waals surface area contributed by atoms with Gasteiger partial charge >= 0.3 is 7.60 Å². The molecule has 1 N–H and O–H groups in total. The monoisotopic (exact) mass is 292 g/mol. The third-order valence-electron chi connectivity index (χ3n) is 2.60. The highest BCUT2D eigenvalue weighted by molar-refractivity contribution is 7.53. The molecule has 0 amide bonds. The van der Waals surface area contributed by atoms with E-state index in [1.54, 1.807) is 31.2 Å². The maximum atomic E-state index is 12.2. The first-order chi connectivity index (χ1) is 8.42. The number of methoxy groups -OCH3 is 1. The van der Waals surface area contributed by atoms with Crippen molar-refractivity contribution < 1.29 is 18.7 Å². The predicted octanol–water partition coefficient (Wildman–Crippen LogP) is 3.99. The standard InChI is InChI=1S/C12H18ClO4P/c1-4-9(2)17-18(14,15)12(16-3)10-7-5-6-8-11(10)13/h5-9,12H,4H2,1-3H3,(H,14,15). The Bertz CT molecular complexity index is 438. The molecule has 4 nitrogen and oxygen atoms in total. The van der Waals surface area contributed by atoms with E-state index in [2.05, 4.69) is 0 Å². The van der Waals surface area contributed by atoms with Crippen molar-refractivity contribution in [2.45, 2.75) is 32.2 Å². The van der Waals surface area contributed by atoms with E-state index in [4.69, 9.17) is 20.9 Å². The average molecular weight is 293 g/mol. The first-order valence-corrected chi connectivity index (χ1v) is 7.73. The smallest absolute Gasteiger partial charge is 0.361 e. The highest BCUT2D eigenvalue weighted by Crippen LogP contribution is 2.58. The Kier molecular flexibility index (Phi) is 5.83. The number of rotatable bonds is 6. The fraction of sp³-hybridized carbons (Fsp3) is 0.500. The van der Waals surface area contributed by atoms with Crippen LogP contribution in [0.5, 0.6) is 0 Å². The van der Waals surface area contributed by atoms with Crippen molar-refractivity contribution in [2.24, 2.45) is 0 Å². The quantitative estimate of drug-likeness (QED) is 0.806. The molecule has 0 aliphatic carbocycles. The molecule has 0 aliphatic heterocycles. The van der Waals surface area contributed by atoms with Crippen molar-refractivity contribution >= 4 is 19.2 Å². The highest BCUT2D eigenvalue weighted by Gasteiger charge is 2.36. The molecule has 6 heteroatoms. The van der Waals surface area contributed by atoms with Gasteiger partial charge in [-0.05, 0) is 19.4 Å². The van der Waals surface area contributed by atoms with Gasteiger partial charge in [0.15, 0.2) is 5.85 Å². The lowest BCUT2D eigenvalue weighted by Gasteiger charge is -2.24. The van der Waals surface area contributed by atoms with Crippen LogP contribution in [0.2, 0.25) is 5.02 Å². The summed E-state index contributed by atoms with van der Waals surface area (Å²) < 4.78 is 22.5. The second kappa shape index (κ2) is 6.69. The van der Waals surface area contributed by atoms with E-state index in [0.29, 0.717) is 17.0 Å². The van der Waals surface area contributed by atoms with Crippen LogP contribution in [0.25, 0.3) is 0 Å². The number of ether oxygens (including phenoxy) is 1. The first-order valence-electron chi connectivity index (χ1n) is 5.70. The Labute approximate surface area is 112 Å². The van der Waals surface area contributed by atoms with Crippen molar-refractivity contribution in [3.63, 3.8) is 0 Å². The van der Waals surface area contributed by atoms with Crippen LogP contribution < -0.4 is 0 Å². The summed E-state index contributed by atoms with van der Waals surface area (Å²) in [5.74, 6) is -1.07. The van der Waals surface area contributed by atoms with Crippen LogP contribution in [0, 0.1) is 0 Å². The van der Waals surface area contributed by atoms with Crippen molar-refractivity contribution in [3.8, 4) is 0 Å². The van der Waals surface area contributed by atoms with Gasteiger partial charge in [-0.2, -0.15) is 0 Å². The molecule has 0 saturated carbocycles. The molecule has 1 aromatic carbocycles. The van der Waals surface area contributed by atoms with Crippen molar-refractivity contribution in [3.05, 3.63) is 34.9 Å². The van der Waals surface area contributed by atoms with Gasteiger partial charge in [0.05, 0.1) is 6.10 Å². The van der Waals surface area contributed by atoms with E-state index in [0.717, 1.165) is 0 Å². The lowest BCUT2D eigenvalue weighted by molar-refractivity contribution is 0.104. The molecule has 3 unspecified atom stereocenters. The summed E-state index contributed by atoms with van der Waals surface area (Å²) in [4.78, 5) is 10.0. The third kappa shape index (κ3) is 3.81. The Morgan fingerprint density at radius 1 is 1.44 bits per heavy atom. The number of hydrogen-bond acceptors (Lipinski definition) is 3. The van der Waals surface area contributed by atoms with Gasteiger partial charge in [0.25, 0.3) is 0 Å². The Balaban J connectivity index is 3.03. The second-order valence-electron chi connectivity index (χ2n) is 4.00. The molecule has 102 valence electrons. The van der Waals surface area contributed by atoms with Crippen LogP contribution >= 0.6 is 19.2 Å². The largest absolute Gasteiger partial charge is 0.364 e. The fourth-order valence-corrected chi connectivity index (χ4v) is 3.43. The van der Waals surface area contributed by atoms with E-state index in [1.165, 1.54) is 7.11 Å². The minimum Gasteiger partial charge on any atom is -0.364 e. The van der Waals surface area contributed by atoms with Gasteiger partial charge in [0.1, 0.15) is 0 Å². The summed E-state index contributed by atoms with van der Waals surface area (Å²) in [6.07, 6.45) is 0.324. The van der Waals surface area contributed by atoms with E-state index in [1.807, 2.05) is 6.92 Å². The highest BCUT2D eigenvalue weighted by atomic mass is 35.5. The molecule has 1 aromatic rings. The zero-order valence-electron chi connectivity index (χ0n) is 10.7. The molecule has 18 heavy (non-hydrogen) atoms. The predicted molar refractivity (Wildman–Crippen MR) is 71.9 cm³/mol. The van der Waals surface area contributed by atoms with Crippen LogP contribution in [-0.2, 0) is 13.8 Å². The molecule has 0 radical (unpaired) electrons. The maximum Gasteiger partial charge on any atom is 0.361 e. The van der Waals surface area contributed by atoms with Gasteiger partial charge in [-0.15, -0.1) is 0 Å². The molecule has 0 fully saturated rings. The van der Waals surface area contributed by atoms with E-state index < -0.39 is 13.4 Å². The van der Waals surface area contributed by atoms with Crippen LogP contribution in [0.3, 0.4) is 0 Å². The lowest BCUT2D eigenvalue weighted by Crippen LogP contribution is -2.11. The van der Waals surface area contributed by atoms with Crippen molar-refractivity contribution in [1.82, 2.24) is 0 Å².